The van der Waals surface area contributed by atoms with E-state index < -0.39 is 18.0 Å². The maximum Gasteiger partial charge on any atom is 0.312 e. The first-order chi connectivity index (χ1) is 9.06. The van der Waals surface area contributed by atoms with Crippen LogP contribution in [0.3, 0.4) is 0 Å². The van der Waals surface area contributed by atoms with Gasteiger partial charge in [-0.2, -0.15) is 0 Å². The third kappa shape index (κ3) is 2.70. The minimum absolute atomic E-state index is 0.351. The third-order valence-electron chi connectivity index (χ3n) is 2.88. The van der Waals surface area contributed by atoms with E-state index in [0.717, 1.165) is 4.47 Å². The number of anilines is 1. The van der Waals surface area contributed by atoms with Crippen LogP contribution in [0, 0.1) is 5.92 Å². The number of fused-ring (bicyclic) bond motifs is 1. The molecular formula is C12H13BrN2O4. The first-order valence-corrected chi connectivity index (χ1v) is 6.57. The molecule has 2 heterocycles. The smallest absolute Gasteiger partial charge is 0.312 e. The lowest BCUT2D eigenvalue weighted by Crippen LogP contribution is -2.45. The van der Waals surface area contributed by atoms with E-state index in [1.54, 1.807) is 19.2 Å². The summed E-state index contributed by atoms with van der Waals surface area (Å²) in [7, 11) is 1.29. The van der Waals surface area contributed by atoms with Crippen LogP contribution in [0.25, 0.3) is 0 Å². The van der Waals surface area contributed by atoms with Crippen molar-refractivity contribution in [1.82, 2.24) is 4.98 Å². The Kier molecular flexibility index (Phi) is 4.04. The number of carbonyl (C=O) groups is 2. The quantitative estimate of drug-likeness (QED) is 0.855. The van der Waals surface area contributed by atoms with E-state index in [1.807, 2.05) is 0 Å². The highest BCUT2D eigenvalue weighted by atomic mass is 79.9. The van der Waals surface area contributed by atoms with Crippen LogP contribution in [-0.4, -0.2) is 30.1 Å². The molecule has 6 nitrogen and oxygen atoms in total. The van der Waals surface area contributed by atoms with Crippen molar-refractivity contribution >= 4 is 33.6 Å². The van der Waals surface area contributed by atoms with Crippen LogP contribution in [0.5, 0.6) is 5.75 Å². The lowest BCUT2D eigenvalue weighted by Gasteiger charge is -2.29. The molecule has 0 radical (unpaired) electrons. The Hall–Kier alpha value is -1.63. The average molecular weight is 329 g/mol. The molecule has 0 aromatic carbocycles. The summed E-state index contributed by atoms with van der Waals surface area (Å²) in [4.78, 5) is 27.7. The number of hydrogen-bond acceptors (Lipinski definition) is 5. The number of rotatable bonds is 3. The van der Waals surface area contributed by atoms with Crippen molar-refractivity contribution in [3.8, 4) is 5.75 Å². The fourth-order valence-corrected chi connectivity index (χ4v) is 2.21. The molecule has 1 aromatic rings. The van der Waals surface area contributed by atoms with Gasteiger partial charge in [0.2, 0.25) is 0 Å². The highest BCUT2D eigenvalue weighted by Gasteiger charge is 2.39. The highest BCUT2D eigenvalue weighted by Crippen LogP contribution is 2.32. The number of carbonyl (C=O) groups excluding carboxylic acids is 2. The second-order valence-electron chi connectivity index (χ2n) is 4.07. The maximum absolute atomic E-state index is 12.0. The number of methoxy groups -OCH3 is 1. The summed E-state index contributed by atoms with van der Waals surface area (Å²) >= 11 is 3.28. The molecule has 2 rings (SSSR count). The van der Waals surface area contributed by atoms with E-state index in [4.69, 9.17) is 9.47 Å². The summed E-state index contributed by atoms with van der Waals surface area (Å²) in [6, 6.07) is 1.69. The molecule has 102 valence electrons. The van der Waals surface area contributed by atoms with E-state index in [9.17, 15) is 9.59 Å². The van der Waals surface area contributed by atoms with Crippen molar-refractivity contribution in [2.24, 2.45) is 5.92 Å². The van der Waals surface area contributed by atoms with Gasteiger partial charge < -0.3 is 14.8 Å². The zero-order valence-electron chi connectivity index (χ0n) is 10.5. The van der Waals surface area contributed by atoms with Crippen LogP contribution in [0.15, 0.2) is 16.7 Å². The van der Waals surface area contributed by atoms with Gasteiger partial charge in [-0.05, 0) is 28.4 Å². The highest BCUT2D eigenvalue weighted by molar-refractivity contribution is 9.10. The molecule has 1 N–H and O–H groups in total. The third-order valence-corrected chi connectivity index (χ3v) is 3.32. The number of aromatic nitrogens is 1. The van der Waals surface area contributed by atoms with Crippen molar-refractivity contribution in [2.45, 2.75) is 19.4 Å². The van der Waals surface area contributed by atoms with Gasteiger partial charge in [0.15, 0.2) is 17.7 Å². The fraction of sp³-hybridized carbons (Fsp3) is 0.417. The summed E-state index contributed by atoms with van der Waals surface area (Å²) in [5.41, 5.74) is 0. The molecule has 1 aromatic heterocycles. The molecule has 2 unspecified atom stereocenters. The number of ether oxygens (including phenoxy) is 2. The van der Waals surface area contributed by atoms with E-state index >= 15 is 0 Å². The van der Waals surface area contributed by atoms with Gasteiger partial charge in [-0.3, -0.25) is 9.59 Å². The van der Waals surface area contributed by atoms with Gasteiger partial charge in [-0.1, -0.05) is 6.92 Å². The molecule has 7 heteroatoms. The minimum Gasteiger partial charge on any atom is -0.476 e. The summed E-state index contributed by atoms with van der Waals surface area (Å²) in [5.74, 6) is -0.712. The predicted octanol–water partition coefficient (Wildman–Crippen LogP) is 1.74. The Morgan fingerprint density at radius 2 is 2.42 bits per heavy atom. The lowest BCUT2D eigenvalue weighted by atomic mass is 9.98. The van der Waals surface area contributed by atoms with Crippen LogP contribution >= 0.6 is 15.9 Å². The standard InChI is InChI=1S/C12H13BrN2O4/c1-3-7(12(17)18-2)9-11(16)15-10-8(19-9)4-6(13)5-14-10/h4-5,7,9H,3H2,1-2H3,(H,14,15,16). The Labute approximate surface area is 118 Å². The molecule has 0 spiro atoms. The summed E-state index contributed by atoms with van der Waals surface area (Å²) in [6.07, 6.45) is 1.10. The Morgan fingerprint density at radius 3 is 3.05 bits per heavy atom. The van der Waals surface area contributed by atoms with Crippen molar-refractivity contribution in [2.75, 3.05) is 12.4 Å². The number of nitrogens with one attached hydrogen (secondary N) is 1. The van der Waals surface area contributed by atoms with Crippen LogP contribution in [0.1, 0.15) is 13.3 Å². The first-order valence-electron chi connectivity index (χ1n) is 5.77. The molecular weight excluding hydrogens is 316 g/mol. The fourth-order valence-electron chi connectivity index (χ4n) is 1.90. The van der Waals surface area contributed by atoms with E-state index in [0.29, 0.717) is 18.0 Å². The Bertz CT molecular complexity index is 520. The van der Waals surface area contributed by atoms with Crippen molar-refractivity contribution in [3.63, 3.8) is 0 Å². The van der Waals surface area contributed by atoms with Gasteiger partial charge in [0, 0.05) is 10.7 Å². The summed E-state index contributed by atoms with van der Waals surface area (Å²) in [5, 5.41) is 2.63. The van der Waals surface area contributed by atoms with Crippen molar-refractivity contribution in [3.05, 3.63) is 16.7 Å². The van der Waals surface area contributed by atoms with Crippen LogP contribution in [0.2, 0.25) is 0 Å². The predicted molar refractivity (Wildman–Crippen MR) is 70.8 cm³/mol. The van der Waals surface area contributed by atoms with Gasteiger partial charge in [-0.15, -0.1) is 0 Å². The zero-order valence-corrected chi connectivity index (χ0v) is 12.1. The van der Waals surface area contributed by atoms with Gasteiger partial charge in [0.05, 0.1) is 7.11 Å². The molecule has 0 aliphatic carbocycles. The maximum atomic E-state index is 12.0. The zero-order chi connectivity index (χ0) is 14.0. The number of amides is 1. The van der Waals surface area contributed by atoms with E-state index in [2.05, 4.69) is 26.2 Å². The molecule has 0 bridgehead atoms. The van der Waals surface area contributed by atoms with Crippen LogP contribution in [-0.2, 0) is 14.3 Å². The van der Waals surface area contributed by atoms with Gasteiger partial charge in [-0.25, -0.2) is 4.98 Å². The second-order valence-corrected chi connectivity index (χ2v) is 4.98. The Balaban J connectivity index is 2.29. The minimum atomic E-state index is -0.902. The molecule has 2 atom stereocenters. The topological polar surface area (TPSA) is 77.5 Å². The SMILES string of the molecule is CCC(C(=O)OC)C1Oc2cc(Br)cnc2NC1=O. The molecule has 0 saturated carbocycles. The monoisotopic (exact) mass is 328 g/mol. The molecule has 1 amide bonds. The lowest BCUT2D eigenvalue weighted by molar-refractivity contribution is -0.152. The number of halogens is 1. The number of pyridine rings is 1. The van der Waals surface area contributed by atoms with Crippen molar-refractivity contribution in [1.29, 1.82) is 0 Å². The molecule has 1 aliphatic heterocycles. The van der Waals surface area contributed by atoms with Gasteiger partial charge >= 0.3 is 5.97 Å². The molecule has 0 saturated heterocycles. The number of esters is 1. The van der Waals surface area contributed by atoms with Gasteiger partial charge in [0.25, 0.3) is 5.91 Å². The van der Waals surface area contributed by atoms with Crippen LogP contribution < -0.4 is 10.1 Å². The number of hydrogen-bond donors (Lipinski definition) is 1. The number of nitrogens with zero attached hydrogens (tertiary/aromatic N) is 1. The first kappa shape index (κ1) is 13.8. The van der Waals surface area contributed by atoms with E-state index in [1.165, 1.54) is 7.11 Å². The molecule has 19 heavy (non-hydrogen) atoms. The summed E-state index contributed by atoms with van der Waals surface area (Å²) < 4.78 is 11.0. The largest absolute Gasteiger partial charge is 0.476 e. The normalized spacial score (nSPS) is 18.9. The van der Waals surface area contributed by atoms with E-state index in [-0.39, 0.29) is 5.91 Å². The average Bonchev–Trinajstić information content (AvgIpc) is 2.40. The second kappa shape index (κ2) is 5.56. The summed E-state index contributed by atoms with van der Waals surface area (Å²) in [6.45, 7) is 1.80. The Morgan fingerprint density at radius 1 is 1.68 bits per heavy atom. The van der Waals surface area contributed by atoms with Crippen LogP contribution in [0.4, 0.5) is 5.82 Å². The van der Waals surface area contributed by atoms with Gasteiger partial charge in [0.1, 0.15) is 5.92 Å². The molecule has 1 aliphatic rings. The molecule has 0 fully saturated rings. The van der Waals surface area contributed by atoms with Crippen molar-refractivity contribution < 1.29 is 19.1 Å².